The van der Waals surface area contributed by atoms with Gasteiger partial charge in [0.1, 0.15) is 23.8 Å². The van der Waals surface area contributed by atoms with Gasteiger partial charge in [-0.3, -0.25) is 9.59 Å². The molecule has 0 spiro atoms. The summed E-state index contributed by atoms with van der Waals surface area (Å²) < 4.78 is 10.6. The molecule has 0 unspecified atom stereocenters. The topological polar surface area (TPSA) is 106 Å². The number of carbonyl (C=O) groups is 3. The van der Waals surface area contributed by atoms with Gasteiger partial charge < -0.3 is 19.6 Å². The van der Waals surface area contributed by atoms with E-state index in [2.05, 4.69) is 5.32 Å². The number of carbonyl (C=O) groups excluding carboxylic acids is 2. The van der Waals surface area contributed by atoms with Gasteiger partial charge in [0.15, 0.2) is 0 Å². The maximum Gasteiger partial charge on any atom is 0.329 e. The average Bonchev–Trinajstić information content (AvgIpc) is 2.81. The molecule has 7 heteroatoms. The van der Waals surface area contributed by atoms with Crippen LogP contribution in [0, 0.1) is 12.8 Å². The second-order valence-electron chi connectivity index (χ2n) is 7.16. The fraction of sp³-hybridized carbons (Fsp3) is 0.611. The summed E-state index contributed by atoms with van der Waals surface area (Å²) in [6.07, 6.45) is 1.59. The first-order valence-electron chi connectivity index (χ1n) is 8.28. The summed E-state index contributed by atoms with van der Waals surface area (Å²) in [5, 5.41) is 11.6. The molecule has 0 aliphatic carbocycles. The number of nitrogens with one attached hydrogen (secondary N) is 1. The standard InChI is InChI=1S/C18H27NO6/c1-7-10(2)15(17(23)25-18(4,5)6)19-16(22)14-11(3)9-24-12(14)8-13(20)21/h9-10,15H,7-8H2,1-6H3,(H,19,22)(H,20,21)/t10-,15-/m0/s1. The summed E-state index contributed by atoms with van der Waals surface area (Å²) in [7, 11) is 0. The molecular formula is C18H27NO6. The maximum atomic E-state index is 12.7. The molecule has 0 saturated carbocycles. The van der Waals surface area contributed by atoms with Crippen molar-refractivity contribution in [3.05, 3.63) is 23.2 Å². The SMILES string of the molecule is CC[C@H](C)[C@H](NC(=O)c1c(C)coc1CC(=O)O)C(=O)OC(C)(C)C. The average molecular weight is 353 g/mol. The summed E-state index contributed by atoms with van der Waals surface area (Å²) in [6, 6.07) is -0.830. The Morgan fingerprint density at radius 2 is 1.92 bits per heavy atom. The van der Waals surface area contributed by atoms with Crippen LogP contribution in [0.2, 0.25) is 0 Å². The van der Waals surface area contributed by atoms with Crippen LogP contribution in [-0.2, 0) is 20.7 Å². The van der Waals surface area contributed by atoms with Gasteiger partial charge >= 0.3 is 11.9 Å². The van der Waals surface area contributed by atoms with Crippen LogP contribution in [0.1, 0.15) is 62.7 Å². The Labute approximate surface area is 147 Å². The number of furan rings is 1. The van der Waals surface area contributed by atoms with Crippen molar-refractivity contribution in [1.82, 2.24) is 5.32 Å². The van der Waals surface area contributed by atoms with Crippen molar-refractivity contribution in [3.8, 4) is 0 Å². The number of aliphatic carboxylic acids is 1. The number of esters is 1. The zero-order valence-electron chi connectivity index (χ0n) is 15.6. The van der Waals surface area contributed by atoms with Gasteiger partial charge in [0.2, 0.25) is 0 Å². The van der Waals surface area contributed by atoms with E-state index in [1.54, 1.807) is 27.7 Å². The number of amides is 1. The Hall–Kier alpha value is -2.31. The van der Waals surface area contributed by atoms with E-state index >= 15 is 0 Å². The second kappa shape index (κ2) is 8.18. The van der Waals surface area contributed by atoms with Gasteiger partial charge in [-0.25, -0.2) is 4.79 Å². The molecule has 0 bridgehead atoms. The summed E-state index contributed by atoms with van der Waals surface area (Å²) in [6.45, 7) is 10.7. The van der Waals surface area contributed by atoms with Gasteiger partial charge in [0, 0.05) is 5.56 Å². The lowest BCUT2D eigenvalue weighted by Crippen LogP contribution is -2.48. The first-order chi connectivity index (χ1) is 11.5. The van der Waals surface area contributed by atoms with Crippen molar-refractivity contribution in [2.24, 2.45) is 5.92 Å². The fourth-order valence-electron chi connectivity index (χ4n) is 2.32. The number of ether oxygens (including phenoxy) is 1. The smallest absolute Gasteiger partial charge is 0.329 e. The Morgan fingerprint density at radius 1 is 1.32 bits per heavy atom. The van der Waals surface area contributed by atoms with Crippen molar-refractivity contribution in [3.63, 3.8) is 0 Å². The molecule has 7 nitrogen and oxygen atoms in total. The lowest BCUT2D eigenvalue weighted by Gasteiger charge is -2.27. The third-order valence-corrected chi connectivity index (χ3v) is 3.75. The van der Waals surface area contributed by atoms with E-state index < -0.39 is 35.9 Å². The Balaban J connectivity index is 3.05. The third kappa shape index (κ3) is 5.92. The molecule has 0 aliphatic rings. The molecule has 140 valence electrons. The second-order valence-corrected chi connectivity index (χ2v) is 7.16. The summed E-state index contributed by atoms with van der Waals surface area (Å²) in [4.78, 5) is 36.0. The highest BCUT2D eigenvalue weighted by molar-refractivity contribution is 5.99. The summed E-state index contributed by atoms with van der Waals surface area (Å²) in [5.74, 6) is -2.24. The number of hydrogen-bond donors (Lipinski definition) is 2. The zero-order chi connectivity index (χ0) is 19.4. The normalized spacial score (nSPS) is 13.8. The monoisotopic (exact) mass is 353 g/mol. The van der Waals surface area contributed by atoms with Crippen molar-refractivity contribution >= 4 is 17.8 Å². The molecule has 0 aromatic carbocycles. The molecule has 1 amide bonds. The number of rotatable bonds is 7. The van der Waals surface area contributed by atoms with Crippen molar-refractivity contribution < 1.29 is 28.6 Å². The van der Waals surface area contributed by atoms with E-state index in [9.17, 15) is 14.4 Å². The maximum absolute atomic E-state index is 12.7. The van der Waals surface area contributed by atoms with Gasteiger partial charge in [-0.15, -0.1) is 0 Å². The van der Waals surface area contributed by atoms with Crippen molar-refractivity contribution in [2.75, 3.05) is 0 Å². The molecule has 1 aromatic rings. The van der Waals surface area contributed by atoms with E-state index in [4.69, 9.17) is 14.3 Å². The largest absolute Gasteiger partial charge is 0.481 e. The van der Waals surface area contributed by atoms with Crippen molar-refractivity contribution in [1.29, 1.82) is 0 Å². The molecule has 2 N–H and O–H groups in total. The van der Waals surface area contributed by atoms with Gasteiger partial charge in [-0.2, -0.15) is 0 Å². The minimum absolute atomic E-state index is 0.0644. The van der Waals surface area contributed by atoms with Crippen LogP contribution in [0.5, 0.6) is 0 Å². The summed E-state index contributed by atoms with van der Waals surface area (Å²) in [5.41, 5.74) is -0.00631. The van der Waals surface area contributed by atoms with E-state index in [-0.39, 0.29) is 17.2 Å². The van der Waals surface area contributed by atoms with E-state index in [1.807, 2.05) is 13.8 Å². The third-order valence-electron chi connectivity index (χ3n) is 3.75. The minimum atomic E-state index is -1.10. The molecule has 1 rings (SSSR count). The van der Waals surface area contributed by atoms with E-state index in [0.717, 1.165) is 0 Å². The minimum Gasteiger partial charge on any atom is -0.481 e. The fourth-order valence-corrected chi connectivity index (χ4v) is 2.32. The Morgan fingerprint density at radius 3 is 2.40 bits per heavy atom. The lowest BCUT2D eigenvalue weighted by molar-refractivity contribution is -0.158. The van der Waals surface area contributed by atoms with Crippen LogP contribution in [0.15, 0.2) is 10.7 Å². The van der Waals surface area contributed by atoms with Crippen LogP contribution in [-0.4, -0.2) is 34.6 Å². The highest BCUT2D eigenvalue weighted by Crippen LogP contribution is 2.20. The number of hydrogen-bond acceptors (Lipinski definition) is 5. The molecule has 1 aromatic heterocycles. The van der Waals surface area contributed by atoms with Crippen LogP contribution in [0.3, 0.4) is 0 Å². The molecule has 0 aliphatic heterocycles. The Kier molecular flexibility index (Phi) is 6.78. The number of aryl methyl sites for hydroxylation is 1. The molecule has 0 radical (unpaired) electrons. The van der Waals surface area contributed by atoms with E-state index in [1.165, 1.54) is 6.26 Å². The van der Waals surface area contributed by atoms with Crippen LogP contribution in [0.4, 0.5) is 0 Å². The Bertz CT molecular complexity index is 640. The number of carboxylic acid groups (broad SMARTS) is 1. The summed E-state index contributed by atoms with van der Waals surface area (Å²) >= 11 is 0. The predicted octanol–water partition coefficient (Wildman–Crippen LogP) is 2.70. The lowest BCUT2D eigenvalue weighted by atomic mass is 9.98. The molecule has 1 heterocycles. The highest BCUT2D eigenvalue weighted by Gasteiger charge is 2.32. The van der Waals surface area contributed by atoms with Gasteiger partial charge in [-0.1, -0.05) is 20.3 Å². The number of carboxylic acids is 1. The highest BCUT2D eigenvalue weighted by atomic mass is 16.6. The molecule has 0 fully saturated rings. The molecule has 0 saturated heterocycles. The van der Waals surface area contributed by atoms with Gasteiger partial charge in [-0.05, 0) is 33.6 Å². The van der Waals surface area contributed by atoms with Gasteiger partial charge in [0.05, 0.1) is 11.8 Å². The molecule has 25 heavy (non-hydrogen) atoms. The van der Waals surface area contributed by atoms with Crippen LogP contribution in [0.25, 0.3) is 0 Å². The quantitative estimate of drug-likeness (QED) is 0.730. The van der Waals surface area contributed by atoms with Crippen LogP contribution >= 0.6 is 0 Å². The zero-order valence-corrected chi connectivity index (χ0v) is 15.6. The van der Waals surface area contributed by atoms with Gasteiger partial charge in [0.25, 0.3) is 5.91 Å². The predicted molar refractivity (Wildman–Crippen MR) is 91.3 cm³/mol. The van der Waals surface area contributed by atoms with Crippen molar-refractivity contribution in [2.45, 2.75) is 66.0 Å². The first kappa shape index (κ1) is 20.7. The first-order valence-corrected chi connectivity index (χ1v) is 8.28. The van der Waals surface area contributed by atoms with E-state index in [0.29, 0.717) is 12.0 Å². The molecular weight excluding hydrogens is 326 g/mol. The van der Waals surface area contributed by atoms with Crippen LogP contribution < -0.4 is 5.32 Å². The molecule has 2 atom stereocenters.